The molecule has 18 heavy (non-hydrogen) atoms. The summed E-state index contributed by atoms with van der Waals surface area (Å²) in [5.74, 6) is -0.526. The number of thioether (sulfide) groups is 1. The lowest BCUT2D eigenvalue weighted by Crippen LogP contribution is -2.22. The fourth-order valence-electron chi connectivity index (χ4n) is 1.79. The quantitative estimate of drug-likeness (QED) is 0.790. The minimum Gasteiger partial charge on any atom is -0.550 e. The van der Waals surface area contributed by atoms with Gasteiger partial charge in [0.2, 0.25) is 0 Å². The summed E-state index contributed by atoms with van der Waals surface area (Å²) in [5, 5.41) is 12.4. The van der Waals surface area contributed by atoms with E-state index in [9.17, 15) is 9.90 Å². The Morgan fingerprint density at radius 1 is 1.33 bits per heavy atom. The number of nitrogens with zero attached hydrogens (tertiary/aromatic N) is 1. The Morgan fingerprint density at radius 2 is 2.11 bits per heavy atom. The third-order valence-corrected chi connectivity index (χ3v) is 3.62. The fraction of sp³-hybridized carbons (Fsp3) is 0.286. The minimum absolute atomic E-state index is 0.0529. The molecular formula is C14H14NO2S-. The summed E-state index contributed by atoms with van der Waals surface area (Å²) < 4.78 is 0. The molecule has 2 aromatic rings. The topological polar surface area (TPSA) is 53.0 Å². The fourth-order valence-corrected chi connectivity index (χ4v) is 2.69. The molecular weight excluding hydrogens is 246 g/mol. The molecule has 0 bridgehead atoms. The number of benzene rings is 1. The van der Waals surface area contributed by atoms with Crippen LogP contribution in [-0.4, -0.2) is 16.7 Å². The van der Waals surface area contributed by atoms with Gasteiger partial charge in [0.1, 0.15) is 0 Å². The van der Waals surface area contributed by atoms with E-state index in [2.05, 4.69) is 18.0 Å². The van der Waals surface area contributed by atoms with Gasteiger partial charge in [-0.3, -0.25) is 0 Å². The van der Waals surface area contributed by atoms with Crippen LogP contribution in [0.25, 0.3) is 10.9 Å². The van der Waals surface area contributed by atoms with Gasteiger partial charge >= 0.3 is 0 Å². The van der Waals surface area contributed by atoms with Gasteiger partial charge in [-0.05, 0) is 44.0 Å². The molecule has 0 atom stereocenters. The molecule has 0 N–H and O–H groups in total. The second kappa shape index (κ2) is 5.40. The first-order valence-corrected chi connectivity index (χ1v) is 6.75. The van der Waals surface area contributed by atoms with Crippen molar-refractivity contribution in [3.63, 3.8) is 0 Å². The van der Waals surface area contributed by atoms with E-state index in [0.717, 1.165) is 15.9 Å². The largest absolute Gasteiger partial charge is 0.550 e. The van der Waals surface area contributed by atoms with E-state index in [0.29, 0.717) is 5.75 Å². The molecule has 0 saturated carbocycles. The van der Waals surface area contributed by atoms with Crippen LogP contribution in [-0.2, 0) is 4.79 Å². The second-order valence-electron chi connectivity index (χ2n) is 4.27. The van der Waals surface area contributed by atoms with Gasteiger partial charge in [-0.2, -0.15) is 0 Å². The van der Waals surface area contributed by atoms with Crippen LogP contribution in [0.3, 0.4) is 0 Å². The molecule has 4 heteroatoms. The molecule has 1 aromatic heterocycles. The molecule has 3 nitrogen and oxygen atoms in total. The van der Waals surface area contributed by atoms with Gasteiger partial charge in [0.15, 0.2) is 0 Å². The summed E-state index contributed by atoms with van der Waals surface area (Å²) >= 11 is 1.45. The molecule has 0 aliphatic heterocycles. The van der Waals surface area contributed by atoms with Crippen molar-refractivity contribution in [1.29, 1.82) is 0 Å². The highest BCUT2D eigenvalue weighted by Gasteiger charge is 2.03. The predicted octanol–water partition coefficient (Wildman–Crippen LogP) is 2.08. The maximum absolute atomic E-state index is 10.4. The third-order valence-electron chi connectivity index (χ3n) is 2.70. The summed E-state index contributed by atoms with van der Waals surface area (Å²) in [6.07, 6.45) is 0.0529. The van der Waals surface area contributed by atoms with Crippen molar-refractivity contribution >= 4 is 28.6 Å². The molecule has 0 saturated heterocycles. The van der Waals surface area contributed by atoms with E-state index in [1.165, 1.54) is 22.9 Å². The number of aromatic nitrogens is 1. The Labute approximate surface area is 110 Å². The Bertz CT molecular complexity index is 596. The van der Waals surface area contributed by atoms with Crippen molar-refractivity contribution < 1.29 is 9.90 Å². The number of carboxylic acid groups (broad SMARTS) is 1. The summed E-state index contributed by atoms with van der Waals surface area (Å²) in [6.45, 7) is 4.10. The molecule has 0 aliphatic rings. The standard InChI is InChI=1S/C14H15NO2S/c1-9-3-4-12-11(7-9)10(2)8-13(15-12)18-6-5-14(16)17/h3-4,7-8H,5-6H2,1-2H3,(H,16,17)/p-1. The first kappa shape index (κ1) is 12.9. The lowest BCUT2D eigenvalue weighted by atomic mass is 10.1. The predicted molar refractivity (Wildman–Crippen MR) is 71.6 cm³/mol. The highest BCUT2D eigenvalue weighted by molar-refractivity contribution is 7.99. The molecule has 0 radical (unpaired) electrons. The number of aliphatic carboxylic acids is 1. The number of hydrogen-bond acceptors (Lipinski definition) is 4. The maximum atomic E-state index is 10.4. The lowest BCUT2D eigenvalue weighted by molar-refractivity contribution is -0.305. The van der Waals surface area contributed by atoms with E-state index in [1.807, 2.05) is 25.1 Å². The first-order chi connectivity index (χ1) is 8.56. The van der Waals surface area contributed by atoms with Crippen LogP contribution in [0, 0.1) is 13.8 Å². The van der Waals surface area contributed by atoms with Crippen LogP contribution in [0.5, 0.6) is 0 Å². The van der Waals surface area contributed by atoms with Crippen molar-refractivity contribution in [1.82, 2.24) is 4.98 Å². The summed E-state index contributed by atoms with van der Waals surface area (Å²) in [6, 6.07) is 8.15. The second-order valence-corrected chi connectivity index (χ2v) is 5.38. The molecule has 0 unspecified atom stereocenters. The Morgan fingerprint density at radius 3 is 2.83 bits per heavy atom. The average molecular weight is 260 g/mol. The van der Waals surface area contributed by atoms with E-state index in [-0.39, 0.29) is 6.42 Å². The summed E-state index contributed by atoms with van der Waals surface area (Å²) in [5.41, 5.74) is 3.33. The van der Waals surface area contributed by atoms with Crippen molar-refractivity contribution in [2.24, 2.45) is 0 Å². The van der Waals surface area contributed by atoms with Gasteiger partial charge in [0.05, 0.1) is 10.5 Å². The van der Waals surface area contributed by atoms with Gasteiger partial charge in [-0.25, -0.2) is 4.98 Å². The average Bonchev–Trinajstić information content (AvgIpc) is 2.30. The third kappa shape index (κ3) is 3.01. The number of pyridine rings is 1. The number of hydrogen-bond donors (Lipinski definition) is 0. The van der Waals surface area contributed by atoms with E-state index < -0.39 is 5.97 Å². The maximum Gasteiger partial charge on any atom is 0.0970 e. The van der Waals surface area contributed by atoms with Crippen LogP contribution in [0.4, 0.5) is 0 Å². The lowest BCUT2D eigenvalue weighted by Gasteiger charge is -2.07. The zero-order chi connectivity index (χ0) is 13.1. The number of carboxylic acids is 1. The monoisotopic (exact) mass is 260 g/mol. The molecule has 1 aromatic carbocycles. The molecule has 94 valence electrons. The zero-order valence-corrected chi connectivity index (χ0v) is 11.2. The number of aryl methyl sites for hydroxylation is 2. The highest BCUT2D eigenvalue weighted by atomic mass is 32.2. The van der Waals surface area contributed by atoms with Crippen molar-refractivity contribution in [2.75, 3.05) is 5.75 Å². The van der Waals surface area contributed by atoms with Crippen LogP contribution in [0.1, 0.15) is 17.5 Å². The molecule has 0 aliphatic carbocycles. The van der Waals surface area contributed by atoms with Gasteiger partial charge < -0.3 is 9.90 Å². The van der Waals surface area contributed by atoms with Crippen LogP contribution < -0.4 is 5.11 Å². The number of rotatable bonds is 4. The molecule has 0 amide bonds. The van der Waals surface area contributed by atoms with Crippen molar-refractivity contribution in [3.05, 3.63) is 35.4 Å². The molecule has 0 fully saturated rings. The molecule has 2 rings (SSSR count). The van der Waals surface area contributed by atoms with E-state index in [1.54, 1.807) is 0 Å². The Kier molecular flexibility index (Phi) is 3.87. The zero-order valence-electron chi connectivity index (χ0n) is 10.4. The number of carbonyl (C=O) groups is 1. The van der Waals surface area contributed by atoms with Crippen LogP contribution >= 0.6 is 11.8 Å². The minimum atomic E-state index is -1.02. The summed E-state index contributed by atoms with van der Waals surface area (Å²) in [7, 11) is 0. The highest BCUT2D eigenvalue weighted by Crippen LogP contribution is 2.24. The number of carbonyl (C=O) groups excluding carboxylic acids is 1. The molecule has 1 heterocycles. The van der Waals surface area contributed by atoms with Gasteiger partial charge in [-0.15, -0.1) is 11.8 Å². The molecule has 0 spiro atoms. The van der Waals surface area contributed by atoms with Crippen LogP contribution in [0.15, 0.2) is 29.3 Å². The summed E-state index contributed by atoms with van der Waals surface area (Å²) in [4.78, 5) is 14.9. The van der Waals surface area contributed by atoms with E-state index >= 15 is 0 Å². The van der Waals surface area contributed by atoms with Gasteiger partial charge in [0, 0.05) is 17.1 Å². The van der Waals surface area contributed by atoms with Gasteiger partial charge in [0.25, 0.3) is 0 Å². The normalized spacial score (nSPS) is 10.8. The van der Waals surface area contributed by atoms with Crippen molar-refractivity contribution in [2.45, 2.75) is 25.3 Å². The van der Waals surface area contributed by atoms with Crippen molar-refractivity contribution in [3.8, 4) is 0 Å². The smallest absolute Gasteiger partial charge is 0.0970 e. The van der Waals surface area contributed by atoms with Crippen LogP contribution in [0.2, 0.25) is 0 Å². The number of fused-ring (bicyclic) bond motifs is 1. The first-order valence-electron chi connectivity index (χ1n) is 5.77. The Balaban J connectivity index is 2.26. The van der Waals surface area contributed by atoms with Gasteiger partial charge in [-0.1, -0.05) is 11.6 Å². The van der Waals surface area contributed by atoms with E-state index in [4.69, 9.17) is 0 Å². The SMILES string of the molecule is Cc1ccc2nc(SCCC(=O)[O-])cc(C)c2c1. The Hall–Kier alpha value is -1.55.